The summed E-state index contributed by atoms with van der Waals surface area (Å²) < 4.78 is 0. The first-order valence-corrected chi connectivity index (χ1v) is 8.14. The van der Waals surface area contributed by atoms with Gasteiger partial charge in [-0.1, -0.05) is 19.8 Å². The molecule has 0 aliphatic heterocycles. The van der Waals surface area contributed by atoms with Crippen LogP contribution >= 0.6 is 11.3 Å². The number of amides is 1. The quantitative estimate of drug-likeness (QED) is 0.848. The van der Waals surface area contributed by atoms with Crippen LogP contribution in [-0.4, -0.2) is 23.0 Å². The van der Waals surface area contributed by atoms with Crippen molar-refractivity contribution in [3.05, 3.63) is 21.4 Å². The molecule has 110 valence electrons. The number of carboxylic acids is 1. The molecule has 20 heavy (non-hydrogen) atoms. The monoisotopic (exact) mass is 295 g/mol. The molecule has 0 aromatic carbocycles. The number of thiophene rings is 1. The van der Waals surface area contributed by atoms with E-state index < -0.39 is 12.0 Å². The molecule has 0 spiro atoms. The van der Waals surface area contributed by atoms with Gasteiger partial charge in [0.1, 0.15) is 6.04 Å². The van der Waals surface area contributed by atoms with E-state index in [9.17, 15) is 14.7 Å². The highest BCUT2D eigenvalue weighted by Crippen LogP contribution is 2.30. The van der Waals surface area contributed by atoms with Crippen LogP contribution in [0.4, 0.5) is 0 Å². The van der Waals surface area contributed by atoms with E-state index >= 15 is 0 Å². The summed E-state index contributed by atoms with van der Waals surface area (Å²) in [4.78, 5) is 24.8. The molecule has 1 aliphatic rings. The van der Waals surface area contributed by atoms with Crippen LogP contribution in [-0.2, 0) is 17.6 Å². The minimum absolute atomic E-state index is 0.229. The number of carbonyl (C=O) groups excluding carboxylic acids is 1. The molecule has 1 heterocycles. The average Bonchev–Trinajstić information content (AvgIpc) is 2.87. The zero-order valence-electron chi connectivity index (χ0n) is 11.8. The number of carbonyl (C=O) groups is 2. The Morgan fingerprint density at radius 2 is 2.15 bits per heavy atom. The van der Waals surface area contributed by atoms with Gasteiger partial charge in [0.2, 0.25) is 0 Å². The van der Waals surface area contributed by atoms with E-state index in [-0.39, 0.29) is 5.91 Å². The molecule has 1 aromatic rings. The molecule has 2 N–H and O–H groups in total. The zero-order valence-corrected chi connectivity index (χ0v) is 12.6. The van der Waals surface area contributed by atoms with Gasteiger partial charge in [-0.25, -0.2) is 4.79 Å². The molecule has 0 radical (unpaired) electrons. The molecule has 4 nitrogen and oxygen atoms in total. The molecule has 1 aromatic heterocycles. The number of carboxylic acid groups (broad SMARTS) is 1. The Hall–Kier alpha value is -1.36. The highest BCUT2D eigenvalue weighted by atomic mass is 32.1. The summed E-state index contributed by atoms with van der Waals surface area (Å²) in [5.41, 5.74) is 1.82. The van der Waals surface area contributed by atoms with Gasteiger partial charge in [0.05, 0.1) is 5.56 Å². The third kappa shape index (κ3) is 3.39. The maximum atomic E-state index is 12.3. The maximum absolute atomic E-state index is 12.3. The molecule has 0 saturated heterocycles. The highest BCUT2D eigenvalue weighted by Gasteiger charge is 2.24. The summed E-state index contributed by atoms with van der Waals surface area (Å²) in [7, 11) is 0. The minimum atomic E-state index is -0.948. The first kappa shape index (κ1) is 15.0. The van der Waals surface area contributed by atoms with Crippen molar-refractivity contribution in [2.24, 2.45) is 0 Å². The van der Waals surface area contributed by atoms with Gasteiger partial charge in [0.15, 0.2) is 0 Å². The predicted octanol–water partition coefficient (Wildman–Crippen LogP) is 3.00. The Morgan fingerprint density at radius 3 is 2.85 bits per heavy atom. The fourth-order valence-electron chi connectivity index (χ4n) is 2.59. The van der Waals surface area contributed by atoms with Crippen LogP contribution in [0, 0.1) is 0 Å². The highest BCUT2D eigenvalue weighted by molar-refractivity contribution is 7.10. The second kappa shape index (κ2) is 6.88. The summed E-state index contributed by atoms with van der Waals surface area (Å²) in [5.74, 6) is -1.18. The van der Waals surface area contributed by atoms with Crippen LogP contribution in [0.1, 0.15) is 59.8 Å². The second-order valence-corrected chi connectivity index (χ2v) is 6.23. The lowest BCUT2D eigenvalue weighted by atomic mass is 9.95. The lowest BCUT2D eigenvalue weighted by Gasteiger charge is -2.16. The summed E-state index contributed by atoms with van der Waals surface area (Å²) in [6.07, 6.45) is 6.50. The summed E-state index contributed by atoms with van der Waals surface area (Å²) in [6, 6.07) is -0.776. The van der Waals surface area contributed by atoms with Crippen molar-refractivity contribution >= 4 is 23.2 Å². The Bertz CT molecular complexity index is 495. The molecule has 0 unspecified atom stereocenters. The lowest BCUT2D eigenvalue weighted by Crippen LogP contribution is -2.41. The van der Waals surface area contributed by atoms with Gasteiger partial charge in [-0.3, -0.25) is 4.79 Å². The van der Waals surface area contributed by atoms with Crippen molar-refractivity contribution < 1.29 is 14.7 Å². The van der Waals surface area contributed by atoms with E-state index in [1.165, 1.54) is 11.3 Å². The standard InChI is InChI=1S/C15H21NO3S/c1-2-3-7-12(15(18)19)16-14(17)11-9-20-13-8-5-4-6-10(11)13/h9,12H,2-8H2,1H3,(H,16,17)(H,18,19)/t12-/m0/s1. The molecule has 0 bridgehead atoms. The van der Waals surface area contributed by atoms with Crippen molar-refractivity contribution in [2.75, 3.05) is 0 Å². The molecule has 5 heteroatoms. The number of unbranched alkanes of at least 4 members (excludes halogenated alkanes) is 1. The Labute approximate surface area is 123 Å². The van der Waals surface area contributed by atoms with Crippen molar-refractivity contribution in [2.45, 2.75) is 57.9 Å². The van der Waals surface area contributed by atoms with E-state index in [1.807, 2.05) is 12.3 Å². The van der Waals surface area contributed by atoms with Gasteiger partial charge in [-0.2, -0.15) is 0 Å². The topological polar surface area (TPSA) is 66.4 Å². The normalized spacial score (nSPS) is 15.4. The van der Waals surface area contributed by atoms with Gasteiger partial charge in [-0.05, 0) is 37.7 Å². The average molecular weight is 295 g/mol. The van der Waals surface area contributed by atoms with Crippen LogP contribution in [0.5, 0.6) is 0 Å². The molecule has 1 atom stereocenters. The summed E-state index contributed by atoms with van der Waals surface area (Å²) in [5, 5.41) is 13.7. The summed E-state index contributed by atoms with van der Waals surface area (Å²) >= 11 is 1.63. The number of rotatable bonds is 6. The van der Waals surface area contributed by atoms with Crippen LogP contribution < -0.4 is 5.32 Å². The maximum Gasteiger partial charge on any atom is 0.326 e. The van der Waals surface area contributed by atoms with E-state index in [2.05, 4.69) is 5.32 Å². The number of hydrogen-bond donors (Lipinski definition) is 2. The third-order valence-electron chi connectivity index (χ3n) is 3.76. The van der Waals surface area contributed by atoms with Crippen LogP contribution in [0.25, 0.3) is 0 Å². The Kier molecular flexibility index (Phi) is 5.17. The van der Waals surface area contributed by atoms with E-state index in [0.29, 0.717) is 12.0 Å². The summed E-state index contributed by atoms with van der Waals surface area (Å²) in [6.45, 7) is 2.01. The van der Waals surface area contributed by atoms with E-state index in [0.717, 1.165) is 37.7 Å². The lowest BCUT2D eigenvalue weighted by molar-refractivity contribution is -0.139. The molecular weight excluding hydrogens is 274 g/mol. The first-order chi connectivity index (χ1) is 9.63. The number of nitrogens with one attached hydrogen (secondary N) is 1. The van der Waals surface area contributed by atoms with Gasteiger partial charge in [0, 0.05) is 10.3 Å². The zero-order chi connectivity index (χ0) is 14.5. The Balaban J connectivity index is 2.06. The van der Waals surface area contributed by atoms with Crippen molar-refractivity contribution in [1.82, 2.24) is 5.32 Å². The number of fused-ring (bicyclic) bond motifs is 1. The second-order valence-electron chi connectivity index (χ2n) is 5.26. The van der Waals surface area contributed by atoms with E-state index in [4.69, 9.17) is 0 Å². The largest absolute Gasteiger partial charge is 0.480 e. The van der Waals surface area contributed by atoms with Gasteiger partial charge in [-0.15, -0.1) is 11.3 Å². The van der Waals surface area contributed by atoms with Crippen molar-refractivity contribution in [3.8, 4) is 0 Å². The molecule has 2 rings (SSSR count). The molecule has 1 aliphatic carbocycles. The van der Waals surface area contributed by atoms with Crippen molar-refractivity contribution in [1.29, 1.82) is 0 Å². The SMILES string of the molecule is CCCC[C@H](NC(=O)c1csc2c1CCCC2)C(=O)O. The fraction of sp³-hybridized carbons (Fsp3) is 0.600. The van der Waals surface area contributed by atoms with Crippen LogP contribution in [0.15, 0.2) is 5.38 Å². The Morgan fingerprint density at radius 1 is 1.40 bits per heavy atom. The smallest absolute Gasteiger partial charge is 0.326 e. The van der Waals surface area contributed by atoms with Gasteiger partial charge >= 0.3 is 5.97 Å². The molecular formula is C15H21NO3S. The third-order valence-corrected chi connectivity index (χ3v) is 4.84. The van der Waals surface area contributed by atoms with Crippen LogP contribution in [0.3, 0.4) is 0 Å². The van der Waals surface area contributed by atoms with Gasteiger partial charge < -0.3 is 10.4 Å². The predicted molar refractivity (Wildman–Crippen MR) is 79.4 cm³/mol. The number of hydrogen-bond acceptors (Lipinski definition) is 3. The molecule has 0 fully saturated rings. The number of aliphatic carboxylic acids is 1. The van der Waals surface area contributed by atoms with Crippen LogP contribution in [0.2, 0.25) is 0 Å². The van der Waals surface area contributed by atoms with E-state index in [1.54, 1.807) is 11.3 Å². The minimum Gasteiger partial charge on any atom is -0.480 e. The molecule has 0 saturated carbocycles. The van der Waals surface area contributed by atoms with Gasteiger partial charge in [0.25, 0.3) is 5.91 Å². The first-order valence-electron chi connectivity index (χ1n) is 7.26. The molecule has 1 amide bonds. The fourth-order valence-corrected chi connectivity index (χ4v) is 3.71. The van der Waals surface area contributed by atoms with Crippen molar-refractivity contribution in [3.63, 3.8) is 0 Å². The number of aryl methyl sites for hydroxylation is 1.